The average Bonchev–Trinajstić information content (AvgIpc) is 3.33. The van der Waals surface area contributed by atoms with Crippen LogP contribution in [0.4, 0.5) is 0 Å². The highest BCUT2D eigenvalue weighted by molar-refractivity contribution is 5.92. The molecule has 330 valence electrons. The molecule has 64 heavy (non-hydrogen) atoms. The van der Waals surface area contributed by atoms with Gasteiger partial charge < -0.3 is 47.7 Å². The van der Waals surface area contributed by atoms with Gasteiger partial charge in [-0.05, 0) is 60.7 Å². The van der Waals surface area contributed by atoms with Crippen LogP contribution in [-0.2, 0) is 47.4 Å². The van der Waals surface area contributed by atoms with Gasteiger partial charge in [-0.3, -0.25) is 4.79 Å². The fourth-order valence-electron chi connectivity index (χ4n) is 6.91. The number of carbonyl (C=O) groups is 6. The Hall–Kier alpha value is -7.24. The topological polar surface area (TPSA) is 206 Å². The molecule has 9 atom stereocenters. The van der Waals surface area contributed by atoms with E-state index in [2.05, 4.69) is 0 Å². The number of aliphatic hydroxyl groups excluding tert-OH is 1. The Morgan fingerprint density at radius 2 is 0.859 bits per heavy atom. The van der Waals surface area contributed by atoms with E-state index in [1.807, 2.05) is 0 Å². The van der Waals surface area contributed by atoms with E-state index in [9.17, 15) is 33.9 Å². The molecule has 2 heterocycles. The molecule has 0 unspecified atom stereocenters. The van der Waals surface area contributed by atoms with Gasteiger partial charge in [-0.1, -0.05) is 91.0 Å². The van der Waals surface area contributed by atoms with Crippen molar-refractivity contribution in [1.82, 2.24) is 0 Å². The van der Waals surface area contributed by atoms with Crippen molar-refractivity contribution < 1.29 is 76.5 Å². The highest BCUT2D eigenvalue weighted by atomic mass is 16.8. The van der Waals surface area contributed by atoms with Gasteiger partial charge in [0.25, 0.3) is 0 Å². The number of ether oxygens (including phenoxy) is 9. The molecule has 16 nitrogen and oxygen atoms in total. The standard InChI is InChI=1S/C48H42O16/c1-29(49)58-38-36(28-57-47(55)40(38)63-45(53)33-23-13-5-14-24-33)60-48-41(64-46(54)34-25-15-6-16-26-34)39(62-44(52)32-21-11-4-12-22-32)37(61-43(51)31-19-9-3-10-20-31)35(59-48)27-56-42(50)30-17-7-2-8-18-30/h2-26,35-41,47-48,55H,27-28H2,1H3/t35-,36-,37+,38+,39+,40-,41-,47-,48+/m1/s1. The van der Waals surface area contributed by atoms with Crippen LogP contribution >= 0.6 is 0 Å². The predicted octanol–water partition coefficient (Wildman–Crippen LogP) is 5.14. The highest BCUT2D eigenvalue weighted by Crippen LogP contribution is 2.34. The fraction of sp³-hybridized carbons (Fsp3) is 0.250. The van der Waals surface area contributed by atoms with E-state index >= 15 is 0 Å². The first kappa shape index (κ1) is 44.8. The second-order valence-corrected chi connectivity index (χ2v) is 14.4. The van der Waals surface area contributed by atoms with Crippen LogP contribution in [0.2, 0.25) is 0 Å². The summed E-state index contributed by atoms with van der Waals surface area (Å²) in [7, 11) is 0. The lowest BCUT2D eigenvalue weighted by Gasteiger charge is -2.46. The van der Waals surface area contributed by atoms with E-state index in [-0.39, 0.29) is 27.8 Å². The zero-order valence-electron chi connectivity index (χ0n) is 34.1. The van der Waals surface area contributed by atoms with Gasteiger partial charge in [-0.25, -0.2) is 24.0 Å². The molecular weight excluding hydrogens is 833 g/mol. The summed E-state index contributed by atoms with van der Waals surface area (Å²) in [6, 6.07) is 39.2. The Labute approximate surface area is 366 Å². The van der Waals surface area contributed by atoms with Crippen LogP contribution < -0.4 is 0 Å². The molecule has 2 aliphatic rings. The summed E-state index contributed by atoms with van der Waals surface area (Å²) in [5.74, 6) is -5.36. The lowest BCUT2D eigenvalue weighted by molar-refractivity contribution is -0.338. The van der Waals surface area contributed by atoms with Gasteiger partial charge in [0.15, 0.2) is 43.1 Å². The maximum Gasteiger partial charge on any atom is 0.338 e. The molecule has 16 heteroatoms. The van der Waals surface area contributed by atoms with Crippen molar-refractivity contribution in [3.63, 3.8) is 0 Å². The molecule has 7 rings (SSSR count). The quantitative estimate of drug-likeness (QED) is 0.113. The Morgan fingerprint density at radius 3 is 1.28 bits per heavy atom. The first-order chi connectivity index (χ1) is 31.0. The lowest BCUT2D eigenvalue weighted by atomic mass is 9.97. The summed E-state index contributed by atoms with van der Waals surface area (Å²) in [6.07, 6.45) is -15.2. The molecule has 0 spiro atoms. The van der Waals surface area contributed by atoms with Crippen molar-refractivity contribution >= 4 is 35.8 Å². The van der Waals surface area contributed by atoms with Crippen LogP contribution in [0.15, 0.2) is 152 Å². The zero-order valence-corrected chi connectivity index (χ0v) is 34.1. The fourth-order valence-corrected chi connectivity index (χ4v) is 6.91. The molecule has 2 aliphatic heterocycles. The second-order valence-electron chi connectivity index (χ2n) is 14.4. The number of hydrogen-bond donors (Lipinski definition) is 1. The van der Waals surface area contributed by atoms with E-state index < -0.39 is 104 Å². The third-order valence-electron chi connectivity index (χ3n) is 10.0. The van der Waals surface area contributed by atoms with E-state index in [1.165, 1.54) is 60.7 Å². The van der Waals surface area contributed by atoms with E-state index in [1.54, 1.807) is 91.0 Å². The van der Waals surface area contributed by atoms with Crippen LogP contribution in [0.1, 0.15) is 58.7 Å². The molecule has 5 aromatic rings. The molecule has 2 fully saturated rings. The minimum Gasteiger partial charge on any atom is -0.459 e. The Balaban J connectivity index is 1.30. The largest absolute Gasteiger partial charge is 0.459 e. The second kappa shape index (κ2) is 21.2. The van der Waals surface area contributed by atoms with Gasteiger partial charge in [0.1, 0.15) is 18.8 Å². The Kier molecular flexibility index (Phi) is 14.9. The minimum atomic E-state index is -1.85. The Morgan fingerprint density at radius 1 is 0.484 bits per heavy atom. The van der Waals surface area contributed by atoms with Gasteiger partial charge in [0.05, 0.1) is 34.4 Å². The average molecular weight is 875 g/mol. The van der Waals surface area contributed by atoms with Gasteiger partial charge in [-0.15, -0.1) is 0 Å². The predicted molar refractivity (Wildman–Crippen MR) is 220 cm³/mol. The first-order valence-corrected chi connectivity index (χ1v) is 20.1. The minimum absolute atomic E-state index is 0.0564. The van der Waals surface area contributed by atoms with Crippen LogP contribution in [-0.4, -0.2) is 109 Å². The molecule has 0 amide bonds. The summed E-state index contributed by atoms with van der Waals surface area (Å²) < 4.78 is 53.7. The van der Waals surface area contributed by atoms with Gasteiger partial charge in [0, 0.05) is 6.92 Å². The Bertz CT molecular complexity index is 2360. The number of rotatable bonds is 14. The third kappa shape index (κ3) is 11.2. The van der Waals surface area contributed by atoms with E-state index in [4.69, 9.17) is 42.6 Å². The zero-order chi connectivity index (χ0) is 45.0. The van der Waals surface area contributed by atoms with Gasteiger partial charge >= 0.3 is 35.8 Å². The lowest BCUT2D eigenvalue weighted by Crippen LogP contribution is -2.65. The number of carbonyl (C=O) groups excluding carboxylic acids is 6. The van der Waals surface area contributed by atoms with Crippen LogP contribution in [0.25, 0.3) is 0 Å². The highest BCUT2D eigenvalue weighted by Gasteiger charge is 2.56. The summed E-state index contributed by atoms with van der Waals surface area (Å²) in [4.78, 5) is 81.1. The van der Waals surface area contributed by atoms with Crippen LogP contribution in [0, 0.1) is 0 Å². The van der Waals surface area contributed by atoms with Crippen molar-refractivity contribution in [2.45, 2.75) is 62.2 Å². The van der Waals surface area contributed by atoms with Crippen molar-refractivity contribution in [1.29, 1.82) is 0 Å². The number of benzene rings is 5. The van der Waals surface area contributed by atoms with Crippen LogP contribution in [0.5, 0.6) is 0 Å². The molecule has 2 saturated heterocycles. The molecule has 0 radical (unpaired) electrons. The normalized spacial score (nSPS) is 23.9. The smallest absolute Gasteiger partial charge is 0.338 e. The number of aliphatic hydroxyl groups is 1. The van der Waals surface area contributed by atoms with Gasteiger partial charge in [0.2, 0.25) is 0 Å². The molecule has 0 bridgehead atoms. The molecule has 0 aliphatic carbocycles. The van der Waals surface area contributed by atoms with E-state index in [0.29, 0.717) is 0 Å². The van der Waals surface area contributed by atoms with Gasteiger partial charge in [-0.2, -0.15) is 0 Å². The third-order valence-corrected chi connectivity index (χ3v) is 10.0. The SMILES string of the molecule is CC(=O)O[C@@H]1[C@@H](OC(=O)c2ccccc2)[C@H](O)OC[C@H]1O[C@@H]1O[C@H](COC(=O)c2ccccc2)[C@H](OC(=O)c2ccccc2)[C@H](OC(=O)c2ccccc2)[C@H]1OC(=O)c1ccccc1. The van der Waals surface area contributed by atoms with Crippen molar-refractivity contribution in [3.05, 3.63) is 179 Å². The van der Waals surface area contributed by atoms with Crippen molar-refractivity contribution in [3.8, 4) is 0 Å². The monoisotopic (exact) mass is 874 g/mol. The van der Waals surface area contributed by atoms with E-state index in [0.717, 1.165) is 6.92 Å². The first-order valence-electron chi connectivity index (χ1n) is 20.1. The summed E-state index contributed by atoms with van der Waals surface area (Å²) >= 11 is 0. The maximum absolute atomic E-state index is 14.0. The molecule has 5 aromatic carbocycles. The van der Waals surface area contributed by atoms with Crippen LogP contribution in [0.3, 0.4) is 0 Å². The summed E-state index contributed by atoms with van der Waals surface area (Å²) in [5, 5.41) is 11.0. The maximum atomic E-state index is 14.0. The van der Waals surface area contributed by atoms with Crippen molar-refractivity contribution in [2.75, 3.05) is 13.2 Å². The number of hydrogen-bond acceptors (Lipinski definition) is 16. The van der Waals surface area contributed by atoms with Crippen molar-refractivity contribution in [2.24, 2.45) is 0 Å². The molecule has 0 saturated carbocycles. The molecular formula is C48H42O16. The summed E-state index contributed by atoms with van der Waals surface area (Å²) in [5.41, 5.74) is 0.484. The summed E-state index contributed by atoms with van der Waals surface area (Å²) in [6.45, 7) is -0.0890. The molecule has 1 N–H and O–H groups in total. The molecule has 0 aromatic heterocycles. The number of esters is 6.